The first-order chi connectivity index (χ1) is 23.3. The highest BCUT2D eigenvalue weighted by atomic mass is 32.2. The predicted octanol–water partition coefficient (Wildman–Crippen LogP) is 3.48. The Kier molecular flexibility index (Phi) is 9.62. The second-order valence-electron chi connectivity index (χ2n) is 14.5. The Hall–Kier alpha value is -4.20. The molecule has 13 nitrogen and oxygen atoms in total. The molecule has 14 heteroatoms. The molecule has 3 N–H and O–H groups in total. The summed E-state index contributed by atoms with van der Waals surface area (Å²) < 4.78 is 39.5. The zero-order valence-corrected chi connectivity index (χ0v) is 29.0. The standard InChI is InChI=1S/C35H45N5O8S/c1-34(2,3)48-33(44)37-27-14-8-6-4-5-7-12-23-20-35(23,32(43)39-49(45,46)25-15-16-25)38-29(41)28-19-24(21-40(28)31(27)42)47-30-26-13-10-9-11-22(26)17-18-36-30/h7,9-13,17-18,23-25,27-28H,4-6,8,14-16,19-21H2,1-3H3,(H,37,44)(H,38,41)(H,39,43)/t23-,24?,27+,28+,35-/m1/s1. The minimum Gasteiger partial charge on any atom is -0.472 e. The van der Waals surface area contributed by atoms with E-state index < -0.39 is 74.3 Å². The Bertz CT molecular complexity index is 1750. The fraction of sp³-hybridized carbons (Fsp3) is 0.571. The molecule has 2 aliphatic carbocycles. The number of ether oxygens (including phenoxy) is 2. The van der Waals surface area contributed by atoms with Gasteiger partial charge in [0.1, 0.15) is 29.3 Å². The molecular weight excluding hydrogens is 650 g/mol. The van der Waals surface area contributed by atoms with E-state index in [1.54, 1.807) is 27.0 Å². The van der Waals surface area contributed by atoms with E-state index >= 15 is 0 Å². The molecule has 4 amide bonds. The van der Waals surface area contributed by atoms with Gasteiger partial charge in [0, 0.05) is 23.9 Å². The summed E-state index contributed by atoms with van der Waals surface area (Å²) in [4.78, 5) is 60.9. The predicted molar refractivity (Wildman–Crippen MR) is 181 cm³/mol. The normalized spacial score (nSPS) is 27.9. The fourth-order valence-corrected chi connectivity index (χ4v) is 8.00. The summed E-state index contributed by atoms with van der Waals surface area (Å²) in [5.41, 5.74) is -2.27. The van der Waals surface area contributed by atoms with Crippen LogP contribution in [0.2, 0.25) is 0 Å². The van der Waals surface area contributed by atoms with Crippen molar-refractivity contribution in [3.8, 4) is 5.88 Å². The highest BCUT2D eigenvalue weighted by Crippen LogP contribution is 2.46. The van der Waals surface area contributed by atoms with Gasteiger partial charge in [0.05, 0.1) is 11.8 Å². The van der Waals surface area contributed by atoms with Gasteiger partial charge in [-0.3, -0.25) is 19.1 Å². The van der Waals surface area contributed by atoms with Crippen LogP contribution in [-0.2, 0) is 29.1 Å². The first-order valence-corrected chi connectivity index (χ1v) is 18.7. The molecule has 0 bridgehead atoms. The maximum atomic E-state index is 14.3. The monoisotopic (exact) mass is 695 g/mol. The molecule has 264 valence electrons. The number of carbonyl (C=O) groups is 4. The third-order valence-corrected chi connectivity index (χ3v) is 11.3. The second kappa shape index (κ2) is 13.6. The van der Waals surface area contributed by atoms with Crippen LogP contribution in [0, 0.1) is 5.92 Å². The lowest BCUT2D eigenvalue weighted by Gasteiger charge is -2.30. The Balaban J connectivity index is 1.30. The molecule has 0 radical (unpaired) electrons. The summed E-state index contributed by atoms with van der Waals surface area (Å²) in [5.74, 6) is -1.91. The Morgan fingerprint density at radius 1 is 1.06 bits per heavy atom. The number of rotatable bonds is 6. The van der Waals surface area contributed by atoms with Crippen LogP contribution in [0.1, 0.15) is 78.6 Å². The molecule has 1 aromatic carbocycles. The van der Waals surface area contributed by atoms with Crippen LogP contribution >= 0.6 is 0 Å². The Labute approximate surface area is 286 Å². The number of fused-ring (bicyclic) bond motifs is 3. The number of allylic oxidation sites excluding steroid dienone is 1. The van der Waals surface area contributed by atoms with Gasteiger partial charge < -0.3 is 25.0 Å². The van der Waals surface area contributed by atoms with Crippen molar-refractivity contribution in [1.82, 2.24) is 25.2 Å². The average molecular weight is 696 g/mol. The molecule has 6 rings (SSSR count). The second-order valence-corrected chi connectivity index (χ2v) is 16.5. The lowest BCUT2D eigenvalue weighted by molar-refractivity contribution is -0.141. The molecule has 2 aliphatic heterocycles. The summed E-state index contributed by atoms with van der Waals surface area (Å²) in [6.45, 7) is 5.22. The molecule has 3 heterocycles. The van der Waals surface area contributed by atoms with Crippen molar-refractivity contribution in [2.24, 2.45) is 5.92 Å². The van der Waals surface area contributed by atoms with Crippen molar-refractivity contribution in [2.45, 2.75) is 113 Å². The number of sulfonamides is 1. The first-order valence-electron chi connectivity index (χ1n) is 17.1. The summed E-state index contributed by atoms with van der Waals surface area (Å²) in [5, 5.41) is 6.68. The number of carbonyl (C=O) groups excluding carboxylic acids is 4. The van der Waals surface area contributed by atoms with E-state index in [0.717, 1.165) is 23.6 Å². The molecular formula is C35H45N5O8S. The van der Waals surface area contributed by atoms with E-state index in [9.17, 15) is 27.6 Å². The highest BCUT2D eigenvalue weighted by molar-refractivity contribution is 7.91. The number of amides is 4. The minimum atomic E-state index is -3.87. The summed E-state index contributed by atoms with van der Waals surface area (Å²) >= 11 is 0. The molecule has 4 aliphatic rings. The van der Waals surface area contributed by atoms with Gasteiger partial charge in [0.15, 0.2) is 0 Å². The van der Waals surface area contributed by atoms with Gasteiger partial charge in [-0.25, -0.2) is 18.2 Å². The Morgan fingerprint density at radius 2 is 1.84 bits per heavy atom. The maximum Gasteiger partial charge on any atom is 0.408 e. The smallest absolute Gasteiger partial charge is 0.408 e. The van der Waals surface area contributed by atoms with Crippen LogP contribution in [0.5, 0.6) is 5.88 Å². The van der Waals surface area contributed by atoms with Crippen LogP contribution in [0.3, 0.4) is 0 Å². The summed E-state index contributed by atoms with van der Waals surface area (Å²) in [7, 11) is -3.87. The van der Waals surface area contributed by atoms with Gasteiger partial charge in [-0.05, 0) is 76.8 Å². The van der Waals surface area contributed by atoms with E-state index in [1.807, 2.05) is 42.5 Å². The minimum absolute atomic E-state index is 0.0207. The lowest BCUT2D eigenvalue weighted by Crippen LogP contribution is -2.58. The number of hydrogen-bond acceptors (Lipinski definition) is 9. The van der Waals surface area contributed by atoms with Gasteiger partial charge >= 0.3 is 6.09 Å². The Morgan fingerprint density at radius 3 is 2.59 bits per heavy atom. The lowest BCUT2D eigenvalue weighted by atomic mass is 10.0. The van der Waals surface area contributed by atoms with E-state index in [4.69, 9.17) is 9.47 Å². The van der Waals surface area contributed by atoms with Gasteiger partial charge in [-0.1, -0.05) is 43.2 Å². The van der Waals surface area contributed by atoms with Crippen LogP contribution < -0.4 is 20.1 Å². The zero-order valence-electron chi connectivity index (χ0n) is 28.1. The number of benzene rings is 1. The molecule has 2 saturated carbocycles. The quantitative estimate of drug-likeness (QED) is 0.383. The molecule has 1 saturated heterocycles. The molecule has 1 unspecified atom stereocenters. The average Bonchev–Trinajstić information content (AvgIpc) is 3.96. The van der Waals surface area contributed by atoms with E-state index in [-0.39, 0.29) is 19.4 Å². The van der Waals surface area contributed by atoms with Gasteiger partial charge in [-0.15, -0.1) is 0 Å². The third kappa shape index (κ3) is 8.00. The van der Waals surface area contributed by atoms with E-state index in [2.05, 4.69) is 20.3 Å². The number of aromatic nitrogens is 1. The van der Waals surface area contributed by atoms with Gasteiger partial charge in [-0.2, -0.15) is 0 Å². The molecule has 2 aromatic rings. The number of nitrogens with one attached hydrogen (secondary N) is 3. The number of pyridine rings is 1. The zero-order chi connectivity index (χ0) is 35.0. The van der Waals surface area contributed by atoms with Crippen LogP contribution in [0.15, 0.2) is 48.7 Å². The van der Waals surface area contributed by atoms with Crippen LogP contribution in [-0.4, -0.2) is 83.2 Å². The van der Waals surface area contributed by atoms with Gasteiger partial charge in [0.2, 0.25) is 27.7 Å². The van der Waals surface area contributed by atoms with E-state index in [1.165, 1.54) is 4.90 Å². The van der Waals surface area contributed by atoms with Crippen LogP contribution in [0.25, 0.3) is 10.8 Å². The SMILES string of the molecule is CC(C)(C)OC(=O)N[C@H]1CCCCCC=C[C@@H]2C[C@@]2(C(=O)NS(=O)(=O)C2CC2)NC(=O)[C@@H]2CC(Oc3nccc4ccccc34)CN2C1=O. The van der Waals surface area contributed by atoms with Crippen molar-refractivity contribution >= 4 is 44.6 Å². The largest absolute Gasteiger partial charge is 0.472 e. The van der Waals surface area contributed by atoms with Crippen molar-refractivity contribution in [1.29, 1.82) is 0 Å². The maximum absolute atomic E-state index is 14.3. The van der Waals surface area contributed by atoms with Crippen molar-refractivity contribution in [3.63, 3.8) is 0 Å². The molecule has 49 heavy (non-hydrogen) atoms. The van der Waals surface area contributed by atoms with Crippen molar-refractivity contribution < 1.29 is 37.1 Å². The van der Waals surface area contributed by atoms with Crippen molar-refractivity contribution in [2.75, 3.05) is 6.54 Å². The van der Waals surface area contributed by atoms with Gasteiger partial charge in [0.25, 0.3) is 5.91 Å². The number of nitrogens with zero attached hydrogens (tertiary/aromatic N) is 2. The van der Waals surface area contributed by atoms with Crippen LogP contribution in [0.4, 0.5) is 4.79 Å². The molecule has 0 spiro atoms. The number of alkyl carbamates (subject to hydrolysis) is 1. The topological polar surface area (TPSA) is 173 Å². The highest BCUT2D eigenvalue weighted by Gasteiger charge is 2.62. The molecule has 1 aromatic heterocycles. The first kappa shape index (κ1) is 34.7. The van der Waals surface area contributed by atoms with Crippen molar-refractivity contribution in [3.05, 3.63) is 48.7 Å². The molecule has 5 atom stereocenters. The van der Waals surface area contributed by atoms with E-state index in [0.29, 0.717) is 38.0 Å². The summed E-state index contributed by atoms with van der Waals surface area (Å²) in [6.07, 6.45) is 8.59. The third-order valence-electron chi connectivity index (χ3n) is 9.45. The number of hydrogen-bond donors (Lipinski definition) is 3. The fourth-order valence-electron chi connectivity index (χ4n) is 6.64. The molecule has 3 fully saturated rings. The summed E-state index contributed by atoms with van der Waals surface area (Å²) in [6, 6.07) is 7.39.